The summed E-state index contributed by atoms with van der Waals surface area (Å²) >= 11 is 0. The van der Waals surface area contributed by atoms with Crippen molar-refractivity contribution < 1.29 is 0 Å². The van der Waals surface area contributed by atoms with Crippen molar-refractivity contribution in [3.05, 3.63) is 0 Å². The van der Waals surface area contributed by atoms with Gasteiger partial charge < -0.3 is 5.32 Å². The van der Waals surface area contributed by atoms with Gasteiger partial charge in [0.2, 0.25) is 0 Å². The van der Waals surface area contributed by atoms with Crippen LogP contribution in [-0.2, 0) is 0 Å². The van der Waals surface area contributed by atoms with Gasteiger partial charge in [0, 0.05) is 0 Å². The van der Waals surface area contributed by atoms with Crippen LogP contribution in [0.5, 0.6) is 0 Å². The van der Waals surface area contributed by atoms with Gasteiger partial charge in [-0.1, -0.05) is 19.3 Å². The Bertz CT molecular complexity index is 194. The summed E-state index contributed by atoms with van der Waals surface area (Å²) in [4.78, 5) is 0. The fraction of sp³-hybridized carbons (Fsp3) is 1.00. The first-order valence-electron chi connectivity index (χ1n) is 6.61. The average molecular weight is 193 g/mol. The van der Waals surface area contributed by atoms with Gasteiger partial charge in [-0.25, -0.2) is 0 Å². The van der Waals surface area contributed by atoms with E-state index in [-0.39, 0.29) is 0 Å². The van der Waals surface area contributed by atoms with Gasteiger partial charge in [-0.15, -0.1) is 0 Å². The summed E-state index contributed by atoms with van der Waals surface area (Å²) in [6, 6.07) is 0. The van der Waals surface area contributed by atoms with E-state index in [1.807, 2.05) is 0 Å². The van der Waals surface area contributed by atoms with E-state index in [4.69, 9.17) is 0 Å². The minimum Gasteiger partial charge on any atom is -0.316 e. The van der Waals surface area contributed by atoms with Gasteiger partial charge in [0.15, 0.2) is 0 Å². The molecule has 0 radical (unpaired) electrons. The molecule has 2 aliphatic carbocycles. The van der Waals surface area contributed by atoms with E-state index in [1.54, 1.807) is 25.7 Å². The fourth-order valence-electron chi connectivity index (χ4n) is 4.62. The van der Waals surface area contributed by atoms with Crippen molar-refractivity contribution in [3.8, 4) is 0 Å². The Kier molecular flexibility index (Phi) is 2.31. The topological polar surface area (TPSA) is 12.0 Å². The molecule has 0 aromatic rings. The molecular formula is C13H23N. The third kappa shape index (κ3) is 1.32. The highest BCUT2D eigenvalue weighted by Crippen LogP contribution is 2.57. The quantitative estimate of drug-likeness (QED) is 0.675. The van der Waals surface area contributed by atoms with Crippen LogP contribution in [0.1, 0.15) is 51.4 Å². The highest BCUT2D eigenvalue weighted by Gasteiger charge is 2.47. The first kappa shape index (κ1) is 9.21. The predicted molar refractivity (Wildman–Crippen MR) is 59.2 cm³/mol. The third-order valence-corrected chi connectivity index (χ3v) is 5.24. The van der Waals surface area contributed by atoms with Crippen molar-refractivity contribution in [3.63, 3.8) is 0 Å². The van der Waals surface area contributed by atoms with Crippen molar-refractivity contribution in [1.29, 1.82) is 0 Å². The largest absolute Gasteiger partial charge is 0.316 e. The number of nitrogens with one attached hydrogen (secondary N) is 1. The Morgan fingerprint density at radius 3 is 2.43 bits per heavy atom. The van der Waals surface area contributed by atoms with Crippen LogP contribution in [0, 0.1) is 17.3 Å². The minimum atomic E-state index is 0.830. The highest BCUT2D eigenvalue weighted by atomic mass is 14.9. The lowest BCUT2D eigenvalue weighted by atomic mass is 9.70. The second kappa shape index (κ2) is 3.52. The molecule has 80 valence electrons. The lowest BCUT2D eigenvalue weighted by Gasteiger charge is -2.35. The maximum Gasteiger partial charge on any atom is -0.00172 e. The second-order valence-electron chi connectivity index (χ2n) is 5.82. The SMILES string of the molecule is C1CCC2(C1)CCCC2C1CCNC1. The second-order valence-corrected chi connectivity index (χ2v) is 5.82. The standard InChI is InChI=1S/C13H23N/c1-2-7-13(6-1)8-3-4-12(13)11-5-9-14-10-11/h11-12,14H,1-10H2. The van der Waals surface area contributed by atoms with Crippen LogP contribution in [0.15, 0.2) is 0 Å². The van der Waals surface area contributed by atoms with Crippen molar-refractivity contribution in [1.82, 2.24) is 5.32 Å². The number of rotatable bonds is 1. The maximum absolute atomic E-state index is 3.56. The molecule has 2 atom stereocenters. The molecule has 14 heavy (non-hydrogen) atoms. The molecule has 1 aliphatic heterocycles. The summed E-state index contributed by atoms with van der Waals surface area (Å²) in [5, 5.41) is 3.56. The van der Waals surface area contributed by atoms with E-state index < -0.39 is 0 Å². The molecule has 1 heterocycles. The van der Waals surface area contributed by atoms with E-state index in [9.17, 15) is 0 Å². The van der Waals surface area contributed by atoms with Gasteiger partial charge in [0.25, 0.3) is 0 Å². The van der Waals surface area contributed by atoms with E-state index >= 15 is 0 Å². The molecule has 3 rings (SSSR count). The van der Waals surface area contributed by atoms with Crippen LogP contribution in [0.2, 0.25) is 0 Å². The zero-order valence-corrected chi connectivity index (χ0v) is 9.23. The molecule has 3 aliphatic rings. The van der Waals surface area contributed by atoms with Gasteiger partial charge in [-0.2, -0.15) is 0 Å². The Hall–Kier alpha value is -0.0400. The van der Waals surface area contributed by atoms with Crippen LogP contribution < -0.4 is 5.32 Å². The van der Waals surface area contributed by atoms with Crippen LogP contribution >= 0.6 is 0 Å². The summed E-state index contributed by atoms with van der Waals surface area (Å²) in [6.07, 6.45) is 12.3. The third-order valence-electron chi connectivity index (χ3n) is 5.24. The van der Waals surface area contributed by atoms with Crippen LogP contribution in [0.3, 0.4) is 0 Å². The number of hydrogen-bond donors (Lipinski definition) is 1. The van der Waals surface area contributed by atoms with Crippen molar-refractivity contribution in [2.45, 2.75) is 51.4 Å². The van der Waals surface area contributed by atoms with E-state index in [2.05, 4.69) is 5.32 Å². The molecule has 2 saturated carbocycles. The van der Waals surface area contributed by atoms with Gasteiger partial charge in [-0.05, 0) is 62.4 Å². The lowest BCUT2D eigenvalue weighted by molar-refractivity contribution is 0.149. The van der Waals surface area contributed by atoms with Gasteiger partial charge in [0.1, 0.15) is 0 Å². The molecule has 3 fully saturated rings. The molecule has 1 nitrogen and oxygen atoms in total. The Morgan fingerprint density at radius 2 is 1.71 bits per heavy atom. The molecule has 1 N–H and O–H groups in total. The zero-order chi connectivity index (χ0) is 9.43. The van der Waals surface area contributed by atoms with Crippen LogP contribution in [0.25, 0.3) is 0 Å². The molecule has 0 aromatic heterocycles. The lowest BCUT2D eigenvalue weighted by Crippen LogP contribution is -2.29. The van der Waals surface area contributed by atoms with Crippen LogP contribution in [0.4, 0.5) is 0 Å². The number of hydrogen-bond acceptors (Lipinski definition) is 1. The van der Waals surface area contributed by atoms with Gasteiger partial charge in [-0.3, -0.25) is 0 Å². The van der Waals surface area contributed by atoms with Crippen molar-refractivity contribution in [2.75, 3.05) is 13.1 Å². The smallest absolute Gasteiger partial charge is 0.00172 e. The summed E-state index contributed by atoms with van der Waals surface area (Å²) < 4.78 is 0. The highest BCUT2D eigenvalue weighted by molar-refractivity contribution is 4.99. The van der Waals surface area contributed by atoms with E-state index in [0.717, 1.165) is 17.3 Å². The Labute approximate surface area is 87.7 Å². The summed E-state index contributed by atoms with van der Waals surface area (Å²) in [7, 11) is 0. The normalized spacial score (nSPS) is 41.1. The van der Waals surface area contributed by atoms with Crippen molar-refractivity contribution >= 4 is 0 Å². The molecule has 1 spiro atoms. The summed E-state index contributed by atoms with van der Waals surface area (Å²) in [5.41, 5.74) is 0.830. The molecule has 2 unspecified atom stereocenters. The average Bonchev–Trinajstić information content (AvgIpc) is 2.91. The first-order chi connectivity index (χ1) is 6.91. The summed E-state index contributed by atoms with van der Waals surface area (Å²) in [5.74, 6) is 2.13. The van der Waals surface area contributed by atoms with E-state index in [0.29, 0.717) is 0 Å². The monoisotopic (exact) mass is 193 g/mol. The molecule has 1 heteroatoms. The Morgan fingerprint density at radius 1 is 0.929 bits per heavy atom. The fourth-order valence-corrected chi connectivity index (χ4v) is 4.62. The van der Waals surface area contributed by atoms with Crippen LogP contribution in [-0.4, -0.2) is 13.1 Å². The predicted octanol–water partition coefficient (Wildman–Crippen LogP) is 2.96. The van der Waals surface area contributed by atoms with Gasteiger partial charge >= 0.3 is 0 Å². The molecule has 0 aromatic carbocycles. The zero-order valence-electron chi connectivity index (χ0n) is 9.23. The Balaban J connectivity index is 1.76. The summed E-state index contributed by atoms with van der Waals surface area (Å²) in [6.45, 7) is 2.61. The minimum absolute atomic E-state index is 0.830. The molecule has 1 saturated heterocycles. The first-order valence-corrected chi connectivity index (χ1v) is 6.61. The van der Waals surface area contributed by atoms with Gasteiger partial charge in [0.05, 0.1) is 0 Å². The van der Waals surface area contributed by atoms with E-state index in [1.165, 1.54) is 38.8 Å². The molecular weight excluding hydrogens is 170 g/mol. The molecule has 0 bridgehead atoms. The maximum atomic E-state index is 3.56. The molecule has 0 amide bonds. The van der Waals surface area contributed by atoms with Crippen molar-refractivity contribution in [2.24, 2.45) is 17.3 Å².